The summed E-state index contributed by atoms with van der Waals surface area (Å²) in [5.74, 6) is -1.19. The third kappa shape index (κ3) is 6.21. The largest absolute Gasteiger partial charge is 0.452 e. The van der Waals surface area contributed by atoms with Crippen LogP contribution >= 0.6 is 0 Å². The number of aliphatic hydroxyl groups is 1. The Hall–Kier alpha value is -3.19. The van der Waals surface area contributed by atoms with Crippen LogP contribution in [0.4, 0.5) is 5.69 Å². The SMILES string of the molecule is CC(C)CNC(=O)c1ccccc1NC(=O)COC(=O)c1ccc(CO)cc1. The van der Waals surface area contributed by atoms with Gasteiger partial charge in [-0.25, -0.2) is 4.79 Å². The molecule has 7 nitrogen and oxygen atoms in total. The molecular formula is C21H24N2O5. The first-order chi connectivity index (χ1) is 13.4. The third-order valence-electron chi connectivity index (χ3n) is 3.82. The molecule has 0 heterocycles. The number of benzene rings is 2. The smallest absolute Gasteiger partial charge is 0.338 e. The van der Waals surface area contributed by atoms with Crippen molar-refractivity contribution < 1.29 is 24.2 Å². The lowest BCUT2D eigenvalue weighted by atomic mass is 10.1. The second kappa shape index (κ2) is 10.2. The molecule has 0 saturated carbocycles. The van der Waals surface area contributed by atoms with Crippen molar-refractivity contribution in [2.24, 2.45) is 5.92 Å². The van der Waals surface area contributed by atoms with E-state index in [0.717, 1.165) is 0 Å². The molecule has 0 fully saturated rings. The highest BCUT2D eigenvalue weighted by Crippen LogP contribution is 2.15. The zero-order valence-corrected chi connectivity index (χ0v) is 15.9. The predicted molar refractivity (Wildman–Crippen MR) is 105 cm³/mol. The molecule has 2 aromatic carbocycles. The lowest BCUT2D eigenvalue weighted by Gasteiger charge is -2.12. The van der Waals surface area contributed by atoms with E-state index in [1.54, 1.807) is 36.4 Å². The van der Waals surface area contributed by atoms with E-state index >= 15 is 0 Å². The van der Waals surface area contributed by atoms with Crippen molar-refractivity contribution in [3.63, 3.8) is 0 Å². The summed E-state index contributed by atoms with van der Waals surface area (Å²) in [7, 11) is 0. The fourth-order valence-electron chi connectivity index (χ4n) is 2.33. The number of amides is 2. The van der Waals surface area contributed by atoms with Gasteiger partial charge in [0.2, 0.25) is 0 Å². The molecule has 0 unspecified atom stereocenters. The molecule has 7 heteroatoms. The number of esters is 1. The van der Waals surface area contributed by atoms with Gasteiger partial charge in [0.15, 0.2) is 6.61 Å². The maximum Gasteiger partial charge on any atom is 0.338 e. The molecule has 0 spiro atoms. The minimum atomic E-state index is -0.650. The number of carbonyl (C=O) groups excluding carboxylic acids is 3. The summed E-state index contributed by atoms with van der Waals surface area (Å²) < 4.78 is 5.00. The monoisotopic (exact) mass is 384 g/mol. The molecule has 0 bridgehead atoms. The van der Waals surface area contributed by atoms with Gasteiger partial charge in [0.05, 0.1) is 23.4 Å². The van der Waals surface area contributed by atoms with Crippen molar-refractivity contribution in [1.82, 2.24) is 5.32 Å². The lowest BCUT2D eigenvalue weighted by Crippen LogP contribution is -2.29. The summed E-state index contributed by atoms with van der Waals surface area (Å²) in [5.41, 5.74) is 1.62. The molecule has 148 valence electrons. The van der Waals surface area contributed by atoms with Crippen LogP contribution in [-0.4, -0.2) is 36.0 Å². The van der Waals surface area contributed by atoms with Gasteiger partial charge in [-0.05, 0) is 35.7 Å². The standard InChI is InChI=1S/C21H24N2O5/c1-14(2)11-22-20(26)17-5-3-4-6-18(17)23-19(25)13-28-21(27)16-9-7-15(12-24)8-10-16/h3-10,14,24H,11-13H2,1-2H3,(H,22,26)(H,23,25). The van der Waals surface area contributed by atoms with E-state index in [4.69, 9.17) is 9.84 Å². The highest BCUT2D eigenvalue weighted by Gasteiger charge is 2.15. The third-order valence-corrected chi connectivity index (χ3v) is 3.82. The highest BCUT2D eigenvalue weighted by atomic mass is 16.5. The van der Waals surface area contributed by atoms with E-state index in [9.17, 15) is 14.4 Å². The van der Waals surface area contributed by atoms with Gasteiger partial charge >= 0.3 is 5.97 Å². The topological polar surface area (TPSA) is 105 Å². The van der Waals surface area contributed by atoms with Gasteiger partial charge in [0, 0.05) is 6.54 Å². The van der Waals surface area contributed by atoms with Crippen LogP contribution in [0.3, 0.4) is 0 Å². The zero-order chi connectivity index (χ0) is 20.5. The van der Waals surface area contributed by atoms with E-state index in [1.165, 1.54) is 12.1 Å². The molecule has 0 aromatic heterocycles. The summed E-state index contributed by atoms with van der Waals surface area (Å²) in [6.45, 7) is 3.89. The van der Waals surface area contributed by atoms with Gasteiger partial charge in [-0.2, -0.15) is 0 Å². The van der Waals surface area contributed by atoms with E-state index in [-0.39, 0.29) is 18.1 Å². The first kappa shape index (κ1) is 21.1. The minimum absolute atomic E-state index is 0.123. The molecule has 0 atom stereocenters. The van der Waals surface area contributed by atoms with Crippen LogP contribution in [0.2, 0.25) is 0 Å². The fourth-order valence-corrected chi connectivity index (χ4v) is 2.33. The number of carbonyl (C=O) groups is 3. The molecule has 0 aliphatic carbocycles. The summed E-state index contributed by atoms with van der Waals surface area (Å²) in [6.07, 6.45) is 0. The summed E-state index contributed by atoms with van der Waals surface area (Å²) >= 11 is 0. The fraction of sp³-hybridized carbons (Fsp3) is 0.286. The molecule has 0 radical (unpaired) electrons. The van der Waals surface area contributed by atoms with Gasteiger partial charge < -0.3 is 20.5 Å². The van der Waals surface area contributed by atoms with Gasteiger partial charge in [0.1, 0.15) is 0 Å². The van der Waals surface area contributed by atoms with Crippen LogP contribution in [0, 0.1) is 5.92 Å². The number of para-hydroxylation sites is 1. The average molecular weight is 384 g/mol. The van der Waals surface area contributed by atoms with Crippen LogP contribution in [0.5, 0.6) is 0 Å². The van der Waals surface area contributed by atoms with Gasteiger partial charge in [-0.1, -0.05) is 38.1 Å². The molecule has 0 saturated heterocycles. The number of anilines is 1. The highest BCUT2D eigenvalue weighted by molar-refractivity contribution is 6.04. The Kier molecular flexibility index (Phi) is 7.71. The molecule has 28 heavy (non-hydrogen) atoms. The van der Waals surface area contributed by atoms with E-state index < -0.39 is 18.5 Å². The van der Waals surface area contributed by atoms with Crippen molar-refractivity contribution in [3.8, 4) is 0 Å². The number of nitrogens with one attached hydrogen (secondary N) is 2. The predicted octanol–water partition coefficient (Wildman–Crippen LogP) is 2.36. The van der Waals surface area contributed by atoms with Gasteiger partial charge in [0.25, 0.3) is 11.8 Å². The maximum absolute atomic E-state index is 12.3. The summed E-state index contributed by atoms with van der Waals surface area (Å²) in [5, 5.41) is 14.4. The van der Waals surface area contributed by atoms with Crippen LogP contribution in [0.1, 0.15) is 40.1 Å². The lowest BCUT2D eigenvalue weighted by molar-refractivity contribution is -0.119. The van der Waals surface area contributed by atoms with Gasteiger partial charge in [-0.3, -0.25) is 9.59 Å². The Bertz CT molecular complexity index is 831. The Balaban J connectivity index is 1.93. The van der Waals surface area contributed by atoms with Crippen molar-refractivity contribution in [2.75, 3.05) is 18.5 Å². The minimum Gasteiger partial charge on any atom is -0.452 e. The second-order valence-electron chi connectivity index (χ2n) is 6.63. The molecule has 2 rings (SSSR count). The number of ether oxygens (including phenoxy) is 1. The summed E-state index contributed by atoms with van der Waals surface area (Å²) in [6, 6.07) is 12.9. The zero-order valence-electron chi connectivity index (χ0n) is 15.9. The number of hydrogen-bond donors (Lipinski definition) is 3. The van der Waals surface area contributed by atoms with E-state index in [0.29, 0.717) is 29.3 Å². The van der Waals surface area contributed by atoms with Gasteiger partial charge in [-0.15, -0.1) is 0 Å². The Labute approximate surface area is 163 Å². The van der Waals surface area contributed by atoms with Crippen molar-refractivity contribution >= 4 is 23.5 Å². The summed E-state index contributed by atoms with van der Waals surface area (Å²) in [4.78, 5) is 36.4. The van der Waals surface area contributed by atoms with Crippen LogP contribution in [-0.2, 0) is 16.1 Å². The molecule has 3 N–H and O–H groups in total. The second-order valence-corrected chi connectivity index (χ2v) is 6.63. The first-order valence-corrected chi connectivity index (χ1v) is 8.94. The Morgan fingerprint density at radius 3 is 2.36 bits per heavy atom. The van der Waals surface area contributed by atoms with E-state index in [2.05, 4.69) is 10.6 Å². The van der Waals surface area contributed by atoms with Crippen LogP contribution in [0.15, 0.2) is 48.5 Å². The molecule has 0 aliphatic rings. The van der Waals surface area contributed by atoms with Crippen LogP contribution in [0.25, 0.3) is 0 Å². The Morgan fingerprint density at radius 2 is 1.71 bits per heavy atom. The quantitative estimate of drug-likeness (QED) is 0.606. The average Bonchev–Trinajstić information content (AvgIpc) is 2.70. The number of hydrogen-bond acceptors (Lipinski definition) is 5. The van der Waals surface area contributed by atoms with E-state index in [1.807, 2.05) is 13.8 Å². The normalized spacial score (nSPS) is 10.4. The molecule has 2 amide bonds. The van der Waals surface area contributed by atoms with Crippen LogP contribution < -0.4 is 10.6 Å². The van der Waals surface area contributed by atoms with Crippen molar-refractivity contribution in [1.29, 1.82) is 0 Å². The maximum atomic E-state index is 12.3. The Morgan fingerprint density at radius 1 is 1.04 bits per heavy atom. The molecular weight excluding hydrogens is 360 g/mol. The molecule has 0 aliphatic heterocycles. The molecule has 2 aromatic rings. The number of rotatable bonds is 8. The number of aliphatic hydroxyl groups excluding tert-OH is 1. The first-order valence-electron chi connectivity index (χ1n) is 8.94. The van der Waals surface area contributed by atoms with Crippen molar-refractivity contribution in [2.45, 2.75) is 20.5 Å². The van der Waals surface area contributed by atoms with Crippen molar-refractivity contribution in [3.05, 3.63) is 65.2 Å².